The Kier molecular flexibility index (Phi) is 7.57. The number of halogens is 1. The summed E-state index contributed by atoms with van der Waals surface area (Å²) in [6.45, 7) is -0.0378. The molecule has 0 unspecified atom stereocenters. The quantitative estimate of drug-likeness (QED) is 0.436. The standard InChI is InChI=1S/C22H22FN5O4S/c1-32-16-8-4-13(5-9-16)10-26-17(29)12-28(11-14-2-6-15(23)7-3-14)22(31)20-18(24)19(21(25)30)27-33-20/h2-9H,10-12,24H2,1H3,(H2,25,30)(H,26,29). The Balaban J connectivity index is 1.75. The number of carbonyl (C=O) groups excluding carboxylic acids is 3. The fraction of sp³-hybridized carbons (Fsp3) is 0.182. The molecule has 0 aliphatic carbocycles. The summed E-state index contributed by atoms with van der Waals surface area (Å²) in [5, 5.41) is 2.75. The number of carbonyl (C=O) groups is 3. The molecule has 9 nitrogen and oxygen atoms in total. The van der Waals surface area contributed by atoms with Gasteiger partial charge < -0.3 is 26.4 Å². The summed E-state index contributed by atoms with van der Waals surface area (Å²) in [6.07, 6.45) is 0. The van der Waals surface area contributed by atoms with E-state index in [4.69, 9.17) is 16.2 Å². The van der Waals surface area contributed by atoms with Crippen molar-refractivity contribution in [3.8, 4) is 5.75 Å². The first-order valence-electron chi connectivity index (χ1n) is 9.76. The second kappa shape index (κ2) is 10.6. The predicted molar refractivity (Wildman–Crippen MR) is 121 cm³/mol. The monoisotopic (exact) mass is 471 g/mol. The number of nitrogens with zero attached hydrogens (tertiary/aromatic N) is 2. The first-order chi connectivity index (χ1) is 15.8. The van der Waals surface area contributed by atoms with E-state index in [-0.39, 0.29) is 35.9 Å². The maximum absolute atomic E-state index is 13.3. The van der Waals surface area contributed by atoms with Crippen LogP contribution in [0.25, 0.3) is 0 Å². The molecule has 0 saturated carbocycles. The number of rotatable bonds is 9. The van der Waals surface area contributed by atoms with Gasteiger partial charge in [-0.2, -0.15) is 4.37 Å². The summed E-state index contributed by atoms with van der Waals surface area (Å²) in [5.74, 6) is -1.60. The average Bonchev–Trinajstić information content (AvgIpc) is 3.20. The number of anilines is 1. The van der Waals surface area contributed by atoms with Crippen LogP contribution in [-0.4, -0.2) is 40.6 Å². The zero-order valence-electron chi connectivity index (χ0n) is 17.7. The number of methoxy groups -OCH3 is 1. The maximum Gasteiger partial charge on any atom is 0.270 e. The van der Waals surface area contributed by atoms with Crippen LogP contribution in [0.15, 0.2) is 48.5 Å². The van der Waals surface area contributed by atoms with Crippen LogP contribution in [0.5, 0.6) is 5.75 Å². The van der Waals surface area contributed by atoms with Crippen molar-refractivity contribution < 1.29 is 23.5 Å². The second-order valence-electron chi connectivity index (χ2n) is 7.05. The van der Waals surface area contributed by atoms with Gasteiger partial charge in [0.2, 0.25) is 5.91 Å². The topological polar surface area (TPSA) is 141 Å². The third-order valence-corrected chi connectivity index (χ3v) is 5.56. The van der Waals surface area contributed by atoms with Crippen molar-refractivity contribution in [2.24, 2.45) is 5.73 Å². The number of aromatic nitrogens is 1. The van der Waals surface area contributed by atoms with Gasteiger partial charge in [-0.05, 0) is 46.9 Å². The number of benzene rings is 2. The van der Waals surface area contributed by atoms with Crippen molar-refractivity contribution in [1.29, 1.82) is 0 Å². The highest BCUT2D eigenvalue weighted by molar-refractivity contribution is 7.09. The molecule has 0 saturated heterocycles. The number of primary amides is 1. The van der Waals surface area contributed by atoms with Gasteiger partial charge in [0, 0.05) is 13.1 Å². The number of nitrogens with two attached hydrogens (primary N) is 2. The molecule has 2 aromatic carbocycles. The minimum Gasteiger partial charge on any atom is -0.497 e. The van der Waals surface area contributed by atoms with E-state index in [1.807, 2.05) is 12.1 Å². The van der Waals surface area contributed by atoms with Crippen molar-refractivity contribution in [2.75, 3.05) is 19.4 Å². The van der Waals surface area contributed by atoms with E-state index in [0.717, 1.165) is 17.1 Å². The van der Waals surface area contributed by atoms with Crippen LogP contribution in [0, 0.1) is 5.82 Å². The summed E-state index contributed by atoms with van der Waals surface area (Å²) < 4.78 is 22.2. The molecular formula is C22H22FN5O4S. The van der Waals surface area contributed by atoms with Gasteiger partial charge in [0.25, 0.3) is 11.8 Å². The zero-order valence-corrected chi connectivity index (χ0v) is 18.5. The van der Waals surface area contributed by atoms with Crippen LogP contribution in [-0.2, 0) is 17.9 Å². The van der Waals surface area contributed by atoms with Crippen molar-refractivity contribution >= 4 is 34.9 Å². The molecule has 11 heteroatoms. The Morgan fingerprint density at radius 1 is 1.09 bits per heavy atom. The highest BCUT2D eigenvalue weighted by Gasteiger charge is 2.26. The van der Waals surface area contributed by atoms with Gasteiger partial charge in [-0.1, -0.05) is 24.3 Å². The molecule has 5 N–H and O–H groups in total. The lowest BCUT2D eigenvalue weighted by molar-refractivity contribution is -0.122. The third kappa shape index (κ3) is 6.04. The minimum absolute atomic E-state index is 0.00568. The van der Waals surface area contributed by atoms with Crippen LogP contribution in [0.4, 0.5) is 10.1 Å². The van der Waals surface area contributed by atoms with Crippen molar-refractivity contribution in [3.63, 3.8) is 0 Å². The van der Waals surface area contributed by atoms with Gasteiger partial charge in [-0.3, -0.25) is 14.4 Å². The van der Waals surface area contributed by atoms with E-state index in [1.165, 1.54) is 29.2 Å². The molecule has 0 fully saturated rings. The molecule has 0 radical (unpaired) electrons. The van der Waals surface area contributed by atoms with E-state index in [2.05, 4.69) is 9.69 Å². The Morgan fingerprint density at radius 2 is 1.73 bits per heavy atom. The van der Waals surface area contributed by atoms with E-state index >= 15 is 0 Å². The molecule has 0 spiro atoms. The Bertz CT molecular complexity index is 1150. The number of ether oxygens (including phenoxy) is 1. The average molecular weight is 472 g/mol. The molecule has 0 aliphatic rings. The minimum atomic E-state index is -0.856. The Hall–Kier alpha value is -3.99. The normalized spacial score (nSPS) is 10.5. The van der Waals surface area contributed by atoms with Gasteiger partial charge >= 0.3 is 0 Å². The highest BCUT2D eigenvalue weighted by atomic mass is 32.1. The van der Waals surface area contributed by atoms with Gasteiger partial charge in [0.05, 0.1) is 12.8 Å². The maximum atomic E-state index is 13.3. The Morgan fingerprint density at radius 3 is 2.30 bits per heavy atom. The van der Waals surface area contributed by atoms with E-state index in [1.54, 1.807) is 19.2 Å². The number of hydrogen-bond acceptors (Lipinski definition) is 7. The lowest BCUT2D eigenvalue weighted by atomic mass is 10.2. The number of nitrogens with one attached hydrogen (secondary N) is 1. The summed E-state index contributed by atoms with van der Waals surface area (Å²) in [7, 11) is 1.56. The SMILES string of the molecule is COc1ccc(CNC(=O)CN(Cc2ccc(F)cc2)C(=O)c2snc(C(N)=O)c2N)cc1. The molecule has 0 aliphatic heterocycles. The molecule has 1 aromatic heterocycles. The molecular weight excluding hydrogens is 449 g/mol. The molecule has 0 bridgehead atoms. The van der Waals surface area contributed by atoms with Crippen LogP contribution < -0.4 is 21.5 Å². The smallest absolute Gasteiger partial charge is 0.270 e. The summed E-state index contributed by atoms with van der Waals surface area (Å²) in [4.78, 5) is 38.4. The van der Waals surface area contributed by atoms with Crippen LogP contribution in [0.1, 0.15) is 31.3 Å². The lowest BCUT2D eigenvalue weighted by Crippen LogP contribution is -2.40. The molecule has 3 aromatic rings. The van der Waals surface area contributed by atoms with Crippen LogP contribution >= 0.6 is 11.5 Å². The highest BCUT2D eigenvalue weighted by Crippen LogP contribution is 2.24. The van der Waals surface area contributed by atoms with E-state index in [9.17, 15) is 18.8 Å². The first kappa shape index (κ1) is 23.7. The van der Waals surface area contributed by atoms with E-state index < -0.39 is 23.5 Å². The Labute approximate surface area is 193 Å². The van der Waals surface area contributed by atoms with Crippen LogP contribution in [0.3, 0.4) is 0 Å². The van der Waals surface area contributed by atoms with Crippen molar-refractivity contribution in [2.45, 2.75) is 13.1 Å². The molecule has 3 amide bonds. The van der Waals surface area contributed by atoms with Gasteiger partial charge in [-0.15, -0.1) is 0 Å². The second-order valence-corrected chi connectivity index (χ2v) is 7.82. The molecule has 1 heterocycles. The van der Waals surface area contributed by atoms with Gasteiger partial charge in [-0.25, -0.2) is 4.39 Å². The zero-order chi connectivity index (χ0) is 24.0. The predicted octanol–water partition coefficient (Wildman–Crippen LogP) is 1.93. The molecule has 172 valence electrons. The summed E-state index contributed by atoms with van der Waals surface area (Å²) in [6, 6.07) is 12.7. The molecule has 33 heavy (non-hydrogen) atoms. The fourth-order valence-corrected chi connectivity index (χ4v) is 3.73. The van der Waals surface area contributed by atoms with Crippen molar-refractivity contribution in [3.05, 3.63) is 76.0 Å². The number of amides is 3. The third-order valence-electron chi connectivity index (χ3n) is 4.71. The van der Waals surface area contributed by atoms with Gasteiger partial charge in [0.1, 0.15) is 23.0 Å². The molecule has 0 atom stereocenters. The number of nitrogen functional groups attached to an aromatic ring is 1. The summed E-state index contributed by atoms with van der Waals surface area (Å²) in [5.41, 5.74) is 12.2. The van der Waals surface area contributed by atoms with Crippen LogP contribution in [0.2, 0.25) is 0 Å². The largest absolute Gasteiger partial charge is 0.497 e. The molecule has 3 rings (SSSR count). The van der Waals surface area contributed by atoms with Crippen molar-refractivity contribution in [1.82, 2.24) is 14.6 Å². The van der Waals surface area contributed by atoms with E-state index in [0.29, 0.717) is 11.3 Å². The lowest BCUT2D eigenvalue weighted by Gasteiger charge is -2.22. The summed E-state index contributed by atoms with van der Waals surface area (Å²) >= 11 is 0.724. The first-order valence-corrected chi connectivity index (χ1v) is 10.5. The fourth-order valence-electron chi connectivity index (χ4n) is 2.96. The van der Waals surface area contributed by atoms with Gasteiger partial charge in [0.15, 0.2) is 5.69 Å². The number of hydrogen-bond donors (Lipinski definition) is 3.